The van der Waals surface area contributed by atoms with Crippen molar-refractivity contribution in [1.29, 1.82) is 0 Å². The number of thiophene rings is 1. The zero-order valence-corrected chi connectivity index (χ0v) is 16.7. The monoisotopic (exact) mass is 399 g/mol. The lowest BCUT2D eigenvalue weighted by atomic mass is 10.1. The largest absolute Gasteiger partial charge is 0.342 e. The van der Waals surface area contributed by atoms with Gasteiger partial charge < -0.3 is 4.90 Å². The minimum Gasteiger partial charge on any atom is -0.342 e. The number of thiazole rings is 1. The predicted octanol–water partition coefficient (Wildman–Crippen LogP) is 4.09. The second-order valence-electron chi connectivity index (χ2n) is 5.96. The first kappa shape index (κ1) is 19.3. The van der Waals surface area contributed by atoms with Crippen LogP contribution in [0.25, 0.3) is 0 Å². The van der Waals surface area contributed by atoms with Crippen LogP contribution in [0.5, 0.6) is 0 Å². The van der Waals surface area contributed by atoms with Crippen molar-refractivity contribution in [2.75, 3.05) is 18.4 Å². The fourth-order valence-electron chi connectivity index (χ4n) is 2.65. The van der Waals surface area contributed by atoms with E-state index in [4.69, 9.17) is 0 Å². The fraction of sp³-hybridized carbons (Fsp3) is 0.250. The highest BCUT2D eigenvalue weighted by Crippen LogP contribution is 2.19. The van der Waals surface area contributed by atoms with E-state index in [-0.39, 0.29) is 18.2 Å². The second-order valence-corrected chi connectivity index (χ2v) is 7.77. The molecule has 3 rings (SSSR count). The van der Waals surface area contributed by atoms with E-state index in [2.05, 4.69) is 22.4 Å². The Morgan fingerprint density at radius 1 is 1.11 bits per heavy atom. The molecule has 0 fully saturated rings. The van der Waals surface area contributed by atoms with Crippen LogP contribution in [-0.4, -0.2) is 34.8 Å². The molecule has 2 amide bonds. The lowest BCUT2D eigenvalue weighted by Gasteiger charge is -2.20. The molecule has 0 saturated carbocycles. The molecule has 0 unspecified atom stereocenters. The van der Waals surface area contributed by atoms with Crippen molar-refractivity contribution < 1.29 is 9.59 Å². The first-order valence-electron chi connectivity index (χ1n) is 8.76. The summed E-state index contributed by atoms with van der Waals surface area (Å²) < 4.78 is 0. The molecule has 7 heteroatoms. The molecule has 1 N–H and O–H groups in total. The first-order chi connectivity index (χ1) is 13.2. The number of hydrogen-bond acceptors (Lipinski definition) is 5. The minimum atomic E-state index is -0.171. The predicted molar refractivity (Wildman–Crippen MR) is 110 cm³/mol. The minimum absolute atomic E-state index is 0.0508. The number of nitrogens with one attached hydrogen (secondary N) is 1. The van der Waals surface area contributed by atoms with Gasteiger partial charge in [-0.05, 0) is 30.4 Å². The Bertz CT molecular complexity index is 876. The van der Waals surface area contributed by atoms with Gasteiger partial charge in [0.2, 0.25) is 5.91 Å². The van der Waals surface area contributed by atoms with E-state index in [0.717, 1.165) is 6.42 Å². The molecule has 5 nitrogen and oxygen atoms in total. The van der Waals surface area contributed by atoms with Crippen LogP contribution in [0.1, 0.15) is 27.9 Å². The van der Waals surface area contributed by atoms with E-state index >= 15 is 0 Å². The Labute approximate surface area is 166 Å². The highest BCUT2D eigenvalue weighted by molar-refractivity contribution is 7.14. The van der Waals surface area contributed by atoms with Crippen molar-refractivity contribution in [2.45, 2.75) is 19.8 Å². The fourth-order valence-corrected chi connectivity index (χ4v) is 3.97. The Hall–Kier alpha value is -2.51. The lowest BCUT2D eigenvalue weighted by Crippen LogP contribution is -2.34. The van der Waals surface area contributed by atoms with E-state index < -0.39 is 0 Å². The van der Waals surface area contributed by atoms with Crippen molar-refractivity contribution in [2.24, 2.45) is 0 Å². The molecule has 2 aromatic heterocycles. The third-order valence-corrected chi connectivity index (χ3v) is 5.77. The molecule has 0 aliphatic heterocycles. The Morgan fingerprint density at radius 2 is 1.93 bits per heavy atom. The third-order valence-electron chi connectivity index (χ3n) is 4.10. The van der Waals surface area contributed by atoms with Gasteiger partial charge in [0.15, 0.2) is 5.13 Å². The number of nitrogens with zero attached hydrogens (tertiary/aromatic N) is 2. The zero-order valence-electron chi connectivity index (χ0n) is 15.1. The standard InChI is InChI=1S/C20H21N3O2S2/c1-2-23(11-10-15-7-4-3-5-8-15)18(24)13-16-14-27-20(21-16)22-19(25)17-9-6-12-26-17/h3-9,12,14H,2,10-11,13H2,1H3,(H,21,22,25). The molecule has 0 radical (unpaired) electrons. The Balaban J connectivity index is 1.53. The number of carbonyl (C=O) groups is 2. The number of hydrogen-bond donors (Lipinski definition) is 1. The number of amides is 2. The maximum atomic E-state index is 12.6. The number of benzene rings is 1. The van der Waals surface area contributed by atoms with Crippen LogP contribution in [0.2, 0.25) is 0 Å². The van der Waals surface area contributed by atoms with Gasteiger partial charge in [0.25, 0.3) is 5.91 Å². The van der Waals surface area contributed by atoms with Gasteiger partial charge in [-0.25, -0.2) is 4.98 Å². The SMILES string of the molecule is CCN(CCc1ccccc1)C(=O)Cc1csc(NC(=O)c2cccs2)n1. The molecule has 0 aliphatic rings. The van der Waals surface area contributed by atoms with Crippen molar-refractivity contribution in [1.82, 2.24) is 9.88 Å². The summed E-state index contributed by atoms with van der Waals surface area (Å²) in [5, 5.41) is 6.98. The molecule has 3 aromatic rings. The Kier molecular flexibility index (Phi) is 6.73. The number of carbonyl (C=O) groups excluding carboxylic acids is 2. The summed E-state index contributed by atoms with van der Waals surface area (Å²) in [4.78, 5) is 31.5. The molecule has 140 valence electrons. The van der Waals surface area contributed by atoms with Crippen LogP contribution in [-0.2, 0) is 17.6 Å². The average Bonchev–Trinajstić information content (AvgIpc) is 3.35. The van der Waals surface area contributed by atoms with Crippen molar-refractivity contribution in [3.63, 3.8) is 0 Å². The van der Waals surface area contributed by atoms with Crippen molar-refractivity contribution in [3.8, 4) is 0 Å². The summed E-state index contributed by atoms with van der Waals surface area (Å²) in [6.45, 7) is 3.33. The summed E-state index contributed by atoms with van der Waals surface area (Å²) in [6, 6.07) is 13.7. The summed E-state index contributed by atoms with van der Waals surface area (Å²) >= 11 is 2.72. The van der Waals surface area contributed by atoms with E-state index in [9.17, 15) is 9.59 Å². The van der Waals surface area contributed by atoms with Crippen LogP contribution >= 0.6 is 22.7 Å². The molecule has 27 heavy (non-hydrogen) atoms. The van der Waals surface area contributed by atoms with Gasteiger partial charge >= 0.3 is 0 Å². The normalized spacial score (nSPS) is 10.6. The van der Waals surface area contributed by atoms with Crippen LogP contribution < -0.4 is 5.32 Å². The Morgan fingerprint density at radius 3 is 2.63 bits per heavy atom. The van der Waals surface area contributed by atoms with Gasteiger partial charge in [0, 0.05) is 18.5 Å². The molecule has 0 atom stereocenters. The van der Waals surface area contributed by atoms with Crippen LogP contribution in [0.4, 0.5) is 5.13 Å². The molecular formula is C20H21N3O2S2. The van der Waals surface area contributed by atoms with E-state index in [1.165, 1.54) is 28.2 Å². The number of rotatable bonds is 8. The zero-order chi connectivity index (χ0) is 19.1. The number of aromatic nitrogens is 1. The third kappa shape index (κ3) is 5.48. The van der Waals surface area contributed by atoms with Crippen molar-refractivity contribution in [3.05, 3.63) is 69.4 Å². The van der Waals surface area contributed by atoms with Crippen molar-refractivity contribution >= 4 is 39.6 Å². The highest BCUT2D eigenvalue weighted by atomic mass is 32.1. The number of likely N-dealkylation sites (N-methyl/N-ethyl adjacent to an activating group) is 1. The average molecular weight is 400 g/mol. The quantitative estimate of drug-likeness (QED) is 0.620. The summed E-state index contributed by atoms with van der Waals surface area (Å²) in [5.41, 5.74) is 1.90. The van der Waals surface area contributed by atoms with Gasteiger partial charge in [-0.15, -0.1) is 22.7 Å². The van der Waals surface area contributed by atoms with Gasteiger partial charge in [-0.1, -0.05) is 36.4 Å². The van der Waals surface area contributed by atoms with Gasteiger partial charge in [0.1, 0.15) is 0 Å². The van der Waals surface area contributed by atoms with Crippen LogP contribution in [0, 0.1) is 0 Å². The molecule has 0 bridgehead atoms. The molecule has 2 heterocycles. The van der Waals surface area contributed by atoms with E-state index in [0.29, 0.717) is 28.8 Å². The summed E-state index contributed by atoms with van der Waals surface area (Å²) in [6.07, 6.45) is 1.08. The van der Waals surface area contributed by atoms with Gasteiger partial charge in [0.05, 0.1) is 17.0 Å². The maximum absolute atomic E-state index is 12.6. The van der Waals surface area contributed by atoms with Gasteiger partial charge in [-0.2, -0.15) is 0 Å². The highest BCUT2D eigenvalue weighted by Gasteiger charge is 2.15. The smallest absolute Gasteiger partial charge is 0.267 e. The number of anilines is 1. The summed E-state index contributed by atoms with van der Waals surface area (Å²) in [5.74, 6) is -0.120. The second kappa shape index (κ2) is 9.43. The molecular weight excluding hydrogens is 378 g/mol. The maximum Gasteiger partial charge on any atom is 0.267 e. The molecule has 1 aromatic carbocycles. The molecule has 0 aliphatic carbocycles. The molecule has 0 spiro atoms. The van der Waals surface area contributed by atoms with E-state index in [1.807, 2.05) is 46.8 Å². The first-order valence-corrected chi connectivity index (χ1v) is 10.5. The molecule has 0 saturated heterocycles. The van der Waals surface area contributed by atoms with Crippen LogP contribution in [0.15, 0.2) is 53.2 Å². The van der Waals surface area contributed by atoms with E-state index in [1.54, 1.807) is 6.07 Å². The van der Waals surface area contributed by atoms with Gasteiger partial charge in [-0.3, -0.25) is 14.9 Å². The summed E-state index contributed by atoms with van der Waals surface area (Å²) in [7, 11) is 0. The van der Waals surface area contributed by atoms with Crippen LogP contribution in [0.3, 0.4) is 0 Å². The topological polar surface area (TPSA) is 62.3 Å². The lowest BCUT2D eigenvalue weighted by molar-refractivity contribution is -0.130.